The minimum Gasteiger partial charge on any atom is -0.494 e. The van der Waals surface area contributed by atoms with Crippen molar-refractivity contribution in [1.29, 1.82) is 0 Å². The number of amides is 4. The van der Waals surface area contributed by atoms with E-state index >= 15 is 0 Å². The fourth-order valence-corrected chi connectivity index (χ4v) is 4.92. The van der Waals surface area contributed by atoms with Gasteiger partial charge in [0.1, 0.15) is 11.4 Å². The number of carbonyl (C=O) groups is 4. The Morgan fingerprint density at radius 2 is 1.50 bits per heavy atom. The molecule has 0 fully saturated rings. The van der Waals surface area contributed by atoms with E-state index < -0.39 is 23.0 Å². The van der Waals surface area contributed by atoms with Crippen molar-refractivity contribution in [2.24, 2.45) is 5.73 Å². The predicted octanol–water partition coefficient (Wildman–Crippen LogP) is 5.71. The fraction of sp³-hybridized carbons (Fsp3) is 0.118. The van der Waals surface area contributed by atoms with Crippen molar-refractivity contribution in [2.45, 2.75) is 24.0 Å². The van der Waals surface area contributed by atoms with E-state index in [1.165, 1.54) is 11.8 Å². The number of primary amides is 1. The van der Waals surface area contributed by atoms with Crippen molar-refractivity contribution in [2.75, 3.05) is 17.2 Å². The Bertz CT molecular complexity index is 1660. The molecule has 0 aromatic heterocycles. The normalized spacial score (nSPS) is 11.6. The largest absolute Gasteiger partial charge is 0.494 e. The number of thioether (sulfide) groups is 1. The average Bonchev–Trinajstić information content (AvgIpc) is 3.03. The number of rotatable bonds is 12. The lowest BCUT2D eigenvalue weighted by Gasteiger charge is -2.14. The van der Waals surface area contributed by atoms with E-state index in [0.29, 0.717) is 34.9 Å². The number of carbonyl (C=O) groups excluding carboxylic acids is 4. The molecule has 44 heavy (non-hydrogen) atoms. The third-order valence-electron chi connectivity index (χ3n) is 6.28. The molecule has 1 atom stereocenters. The molecule has 4 aromatic rings. The van der Waals surface area contributed by atoms with Gasteiger partial charge in [-0.1, -0.05) is 42.5 Å². The van der Waals surface area contributed by atoms with Crippen LogP contribution in [-0.2, 0) is 9.59 Å². The zero-order chi connectivity index (χ0) is 31.5. The van der Waals surface area contributed by atoms with Crippen LogP contribution >= 0.6 is 11.8 Å². The molecule has 224 valence electrons. The molecule has 0 spiro atoms. The van der Waals surface area contributed by atoms with Gasteiger partial charge in [0.2, 0.25) is 5.91 Å². The van der Waals surface area contributed by atoms with Gasteiger partial charge in [-0.15, -0.1) is 11.8 Å². The molecule has 0 radical (unpaired) electrons. The summed E-state index contributed by atoms with van der Waals surface area (Å²) in [4.78, 5) is 51.5. The standard InChI is InChI=1S/C34H32N4O5S/c1-3-43-26-17-13-23(14-18-26)21-30(38-33(41)24-9-5-4-6-10-24)34(42)36-25-15-19-27(20-16-25)44-22(2)32(40)37-29-12-8-7-11-28(29)31(35)39/h4-22H,3H2,1-2H3,(H2,35,39)(H,36,42)(H,37,40)(H,38,41)/b30-21-. The van der Waals surface area contributed by atoms with E-state index in [4.69, 9.17) is 10.5 Å². The summed E-state index contributed by atoms with van der Waals surface area (Å²) in [5.41, 5.74) is 7.66. The molecule has 4 aromatic carbocycles. The second kappa shape index (κ2) is 15.2. The van der Waals surface area contributed by atoms with Crippen molar-refractivity contribution in [3.05, 3.63) is 126 Å². The number of ether oxygens (including phenoxy) is 1. The van der Waals surface area contributed by atoms with E-state index in [1.54, 1.807) is 116 Å². The quantitative estimate of drug-likeness (QED) is 0.120. The van der Waals surface area contributed by atoms with Gasteiger partial charge < -0.3 is 26.4 Å². The third-order valence-corrected chi connectivity index (χ3v) is 7.39. The number of hydrogen-bond donors (Lipinski definition) is 4. The number of nitrogens with one attached hydrogen (secondary N) is 3. The van der Waals surface area contributed by atoms with Crippen LogP contribution in [0, 0.1) is 0 Å². The summed E-state index contributed by atoms with van der Waals surface area (Å²) >= 11 is 1.31. The molecule has 0 aliphatic rings. The van der Waals surface area contributed by atoms with Crippen molar-refractivity contribution < 1.29 is 23.9 Å². The highest BCUT2D eigenvalue weighted by Crippen LogP contribution is 2.26. The van der Waals surface area contributed by atoms with Crippen molar-refractivity contribution in [3.8, 4) is 5.75 Å². The topological polar surface area (TPSA) is 140 Å². The molecule has 9 nitrogen and oxygen atoms in total. The first kappa shape index (κ1) is 31.6. The summed E-state index contributed by atoms with van der Waals surface area (Å²) in [6, 6.07) is 29.3. The van der Waals surface area contributed by atoms with Crippen LogP contribution in [0.4, 0.5) is 11.4 Å². The Kier molecular flexibility index (Phi) is 10.9. The maximum absolute atomic E-state index is 13.3. The van der Waals surface area contributed by atoms with Gasteiger partial charge in [0, 0.05) is 16.1 Å². The zero-order valence-electron chi connectivity index (χ0n) is 24.2. The molecular weight excluding hydrogens is 576 g/mol. The lowest BCUT2D eigenvalue weighted by molar-refractivity contribution is -0.115. The Hall–Kier alpha value is -5.35. The fourth-order valence-electron chi connectivity index (χ4n) is 4.05. The van der Waals surface area contributed by atoms with Crippen LogP contribution in [-0.4, -0.2) is 35.5 Å². The van der Waals surface area contributed by atoms with Gasteiger partial charge >= 0.3 is 0 Å². The van der Waals surface area contributed by atoms with Gasteiger partial charge in [-0.3, -0.25) is 19.2 Å². The van der Waals surface area contributed by atoms with Crippen molar-refractivity contribution >= 4 is 52.8 Å². The van der Waals surface area contributed by atoms with Gasteiger partial charge in [0.15, 0.2) is 0 Å². The first-order valence-electron chi connectivity index (χ1n) is 13.8. The van der Waals surface area contributed by atoms with Gasteiger partial charge in [0.25, 0.3) is 17.7 Å². The SMILES string of the molecule is CCOc1ccc(/C=C(\NC(=O)c2ccccc2)C(=O)Nc2ccc(SC(C)C(=O)Nc3ccccc3C(N)=O)cc2)cc1. The summed E-state index contributed by atoms with van der Waals surface area (Å²) in [6.45, 7) is 4.17. The monoisotopic (exact) mass is 608 g/mol. The summed E-state index contributed by atoms with van der Waals surface area (Å²) < 4.78 is 5.49. The highest BCUT2D eigenvalue weighted by atomic mass is 32.2. The minimum absolute atomic E-state index is 0.0583. The molecule has 1 unspecified atom stereocenters. The van der Waals surface area contributed by atoms with Gasteiger partial charge in [-0.25, -0.2) is 0 Å². The molecule has 0 aliphatic heterocycles. The van der Waals surface area contributed by atoms with Gasteiger partial charge in [0.05, 0.1) is 23.1 Å². The van der Waals surface area contributed by atoms with Gasteiger partial charge in [-0.2, -0.15) is 0 Å². The molecule has 5 N–H and O–H groups in total. The number of para-hydroxylation sites is 1. The van der Waals surface area contributed by atoms with Crippen LogP contribution < -0.4 is 26.4 Å². The molecule has 0 aliphatic carbocycles. The lowest BCUT2D eigenvalue weighted by Crippen LogP contribution is -2.30. The molecule has 0 saturated heterocycles. The third kappa shape index (κ3) is 8.83. The second-order valence-corrected chi connectivity index (χ2v) is 10.9. The number of benzene rings is 4. The Labute approximate surface area is 259 Å². The van der Waals surface area contributed by atoms with Crippen molar-refractivity contribution in [3.63, 3.8) is 0 Å². The summed E-state index contributed by atoms with van der Waals surface area (Å²) in [7, 11) is 0. The summed E-state index contributed by atoms with van der Waals surface area (Å²) in [5.74, 6) is -1.15. The molecule has 4 rings (SSSR count). The highest BCUT2D eigenvalue weighted by molar-refractivity contribution is 8.00. The number of anilines is 2. The van der Waals surface area contributed by atoms with Crippen LogP contribution in [0.15, 0.2) is 114 Å². The van der Waals surface area contributed by atoms with E-state index in [0.717, 1.165) is 4.90 Å². The molecule has 10 heteroatoms. The van der Waals surface area contributed by atoms with E-state index in [1.807, 2.05) is 6.92 Å². The first-order chi connectivity index (χ1) is 21.2. The molecule has 0 saturated carbocycles. The van der Waals surface area contributed by atoms with Gasteiger partial charge in [-0.05, 0) is 86.2 Å². The molecule has 0 bridgehead atoms. The molecule has 4 amide bonds. The average molecular weight is 609 g/mol. The van der Waals surface area contributed by atoms with Crippen LogP contribution in [0.5, 0.6) is 5.75 Å². The maximum atomic E-state index is 13.3. The number of hydrogen-bond acceptors (Lipinski definition) is 6. The molecular formula is C34H32N4O5S. The smallest absolute Gasteiger partial charge is 0.272 e. The molecule has 0 heterocycles. The first-order valence-corrected chi connectivity index (χ1v) is 14.7. The van der Waals surface area contributed by atoms with Crippen LogP contribution in [0.3, 0.4) is 0 Å². The second-order valence-electron chi connectivity index (χ2n) is 9.52. The van der Waals surface area contributed by atoms with E-state index in [-0.39, 0.29) is 17.2 Å². The van der Waals surface area contributed by atoms with Crippen molar-refractivity contribution in [1.82, 2.24) is 5.32 Å². The van der Waals surface area contributed by atoms with Crippen LogP contribution in [0.2, 0.25) is 0 Å². The lowest BCUT2D eigenvalue weighted by atomic mass is 10.1. The van der Waals surface area contributed by atoms with E-state index in [2.05, 4.69) is 16.0 Å². The Balaban J connectivity index is 1.44. The Morgan fingerprint density at radius 3 is 2.16 bits per heavy atom. The van der Waals surface area contributed by atoms with Crippen LogP contribution in [0.1, 0.15) is 40.1 Å². The van der Waals surface area contributed by atoms with Crippen LogP contribution in [0.25, 0.3) is 6.08 Å². The van der Waals surface area contributed by atoms with E-state index in [9.17, 15) is 19.2 Å². The minimum atomic E-state index is -0.629. The summed E-state index contributed by atoms with van der Waals surface area (Å²) in [5, 5.41) is 7.81. The number of nitrogens with two attached hydrogens (primary N) is 1. The highest BCUT2D eigenvalue weighted by Gasteiger charge is 2.18. The summed E-state index contributed by atoms with van der Waals surface area (Å²) in [6.07, 6.45) is 1.59. The zero-order valence-corrected chi connectivity index (χ0v) is 25.0. The Morgan fingerprint density at radius 1 is 0.841 bits per heavy atom. The predicted molar refractivity (Wildman–Crippen MR) is 173 cm³/mol. The maximum Gasteiger partial charge on any atom is 0.272 e.